The molecule has 0 aromatic carbocycles. The zero-order chi connectivity index (χ0) is 12.8. The van der Waals surface area contributed by atoms with Gasteiger partial charge in [-0.05, 0) is 24.0 Å². The summed E-state index contributed by atoms with van der Waals surface area (Å²) in [6.07, 6.45) is 0.938. The Hall–Kier alpha value is -0.360. The van der Waals surface area contributed by atoms with Crippen molar-refractivity contribution in [3.63, 3.8) is 0 Å². The van der Waals surface area contributed by atoms with E-state index in [0.29, 0.717) is 11.8 Å². The lowest BCUT2D eigenvalue weighted by Crippen LogP contribution is -2.18. The first-order chi connectivity index (χ1) is 8.10. The van der Waals surface area contributed by atoms with Gasteiger partial charge in [-0.2, -0.15) is 12.6 Å². The van der Waals surface area contributed by atoms with Crippen LogP contribution in [0, 0.1) is 11.8 Å². The summed E-state index contributed by atoms with van der Waals surface area (Å²) in [5.41, 5.74) is -0.110. The van der Waals surface area contributed by atoms with Crippen molar-refractivity contribution in [1.29, 1.82) is 0 Å². The predicted octanol–water partition coefficient (Wildman–Crippen LogP) is 2.28. The summed E-state index contributed by atoms with van der Waals surface area (Å²) < 4.78 is 1.71. The first kappa shape index (κ1) is 14.7. The van der Waals surface area contributed by atoms with Gasteiger partial charge >= 0.3 is 5.69 Å². The molecule has 1 rings (SSSR count). The molecule has 0 radical (unpaired) electrons. The third-order valence-corrected chi connectivity index (χ3v) is 4.41. The fourth-order valence-electron chi connectivity index (χ4n) is 1.47. The predicted molar refractivity (Wildman–Crippen MR) is 76.0 cm³/mol. The van der Waals surface area contributed by atoms with E-state index < -0.39 is 0 Å². The summed E-state index contributed by atoms with van der Waals surface area (Å²) in [5, 5.41) is 7.37. The smallest absolute Gasteiger partial charge is 0.270 e. The number of aromatic amines is 1. The summed E-state index contributed by atoms with van der Waals surface area (Å²) in [6.45, 7) is 7.18. The average Bonchev–Trinajstić information content (AvgIpc) is 2.62. The molecular weight excluding hydrogens is 254 g/mol. The Balaban J connectivity index is 2.65. The highest BCUT2D eigenvalue weighted by Crippen LogP contribution is 2.22. The number of hydrogen-bond donors (Lipinski definition) is 2. The molecule has 98 valence electrons. The van der Waals surface area contributed by atoms with E-state index in [-0.39, 0.29) is 5.69 Å². The Bertz CT molecular complexity index is 386. The van der Waals surface area contributed by atoms with Crippen LogP contribution in [0.4, 0.5) is 0 Å². The van der Waals surface area contributed by atoms with Crippen LogP contribution in [0.1, 0.15) is 27.2 Å². The minimum atomic E-state index is -0.110. The number of H-pyrrole nitrogens is 1. The molecule has 1 unspecified atom stereocenters. The second-order valence-electron chi connectivity index (χ2n) is 4.46. The van der Waals surface area contributed by atoms with Crippen LogP contribution in [-0.2, 0) is 6.54 Å². The molecule has 0 saturated carbocycles. The molecule has 17 heavy (non-hydrogen) atoms. The van der Waals surface area contributed by atoms with Gasteiger partial charge in [-0.1, -0.05) is 32.5 Å². The van der Waals surface area contributed by atoms with E-state index in [1.165, 1.54) is 0 Å². The van der Waals surface area contributed by atoms with Crippen molar-refractivity contribution in [2.45, 2.75) is 38.9 Å². The Morgan fingerprint density at radius 2 is 2.24 bits per heavy atom. The van der Waals surface area contributed by atoms with Crippen molar-refractivity contribution < 1.29 is 0 Å². The molecule has 0 aliphatic rings. The topological polar surface area (TPSA) is 50.7 Å². The van der Waals surface area contributed by atoms with Gasteiger partial charge in [-0.3, -0.25) is 4.57 Å². The number of nitrogens with zero attached hydrogens (tertiary/aromatic N) is 2. The first-order valence-corrected chi connectivity index (χ1v) is 7.60. The Morgan fingerprint density at radius 3 is 2.76 bits per heavy atom. The van der Waals surface area contributed by atoms with Gasteiger partial charge in [0.25, 0.3) is 0 Å². The summed E-state index contributed by atoms with van der Waals surface area (Å²) in [5.74, 6) is 2.97. The molecule has 0 amide bonds. The molecule has 0 spiro atoms. The van der Waals surface area contributed by atoms with Crippen molar-refractivity contribution in [2.75, 3.05) is 11.5 Å². The number of aromatic nitrogens is 3. The lowest BCUT2D eigenvalue weighted by Gasteiger charge is -2.17. The van der Waals surface area contributed by atoms with Crippen LogP contribution >= 0.6 is 24.4 Å². The second kappa shape index (κ2) is 7.16. The lowest BCUT2D eigenvalue weighted by atomic mass is 10.0. The van der Waals surface area contributed by atoms with Crippen LogP contribution in [0.5, 0.6) is 0 Å². The molecule has 1 aromatic rings. The van der Waals surface area contributed by atoms with Gasteiger partial charge in [0.2, 0.25) is 0 Å². The summed E-state index contributed by atoms with van der Waals surface area (Å²) in [6, 6.07) is 0. The van der Waals surface area contributed by atoms with E-state index in [9.17, 15) is 4.79 Å². The molecule has 1 aromatic heterocycles. The highest BCUT2D eigenvalue weighted by molar-refractivity contribution is 7.99. The molecule has 1 N–H and O–H groups in total. The van der Waals surface area contributed by atoms with Crippen LogP contribution in [0.15, 0.2) is 9.95 Å². The molecule has 0 fully saturated rings. The Labute approximate surface area is 112 Å². The minimum Gasteiger partial charge on any atom is -0.270 e. The Kier molecular flexibility index (Phi) is 6.19. The minimum absolute atomic E-state index is 0.110. The van der Waals surface area contributed by atoms with E-state index >= 15 is 0 Å². The highest BCUT2D eigenvalue weighted by Gasteiger charge is 2.15. The third kappa shape index (κ3) is 4.10. The van der Waals surface area contributed by atoms with E-state index in [1.807, 2.05) is 0 Å². The van der Waals surface area contributed by atoms with Gasteiger partial charge in [-0.15, -0.1) is 5.10 Å². The fourth-order valence-corrected chi connectivity index (χ4v) is 3.50. The quantitative estimate of drug-likeness (QED) is 0.593. The van der Waals surface area contributed by atoms with E-state index in [4.69, 9.17) is 0 Å². The number of thioether (sulfide) groups is 1. The van der Waals surface area contributed by atoms with Crippen LogP contribution < -0.4 is 5.69 Å². The maximum atomic E-state index is 11.5. The van der Waals surface area contributed by atoms with E-state index in [2.05, 4.69) is 43.6 Å². The average molecular weight is 275 g/mol. The number of hydrogen-bond acceptors (Lipinski definition) is 4. The zero-order valence-electron chi connectivity index (χ0n) is 10.6. The summed E-state index contributed by atoms with van der Waals surface area (Å²) in [7, 11) is 0. The molecule has 1 heterocycles. The number of nitrogens with one attached hydrogen (secondary N) is 1. The van der Waals surface area contributed by atoms with Gasteiger partial charge in [0.05, 0.1) is 0 Å². The van der Waals surface area contributed by atoms with Crippen molar-refractivity contribution in [3.05, 3.63) is 10.5 Å². The van der Waals surface area contributed by atoms with Gasteiger partial charge in [-0.25, -0.2) is 9.89 Å². The van der Waals surface area contributed by atoms with Gasteiger partial charge < -0.3 is 0 Å². The SMILES string of the molecule is CCCn1c(SCC(CS)C(C)C)n[nH]c1=O. The summed E-state index contributed by atoms with van der Waals surface area (Å²) in [4.78, 5) is 11.5. The van der Waals surface area contributed by atoms with Gasteiger partial charge in [0.1, 0.15) is 0 Å². The Morgan fingerprint density at radius 1 is 1.53 bits per heavy atom. The largest absolute Gasteiger partial charge is 0.343 e. The van der Waals surface area contributed by atoms with Crippen molar-refractivity contribution >= 4 is 24.4 Å². The van der Waals surface area contributed by atoms with Crippen molar-refractivity contribution in [3.8, 4) is 0 Å². The molecule has 0 aliphatic heterocycles. The first-order valence-electron chi connectivity index (χ1n) is 5.99. The maximum absolute atomic E-state index is 11.5. The van der Waals surface area contributed by atoms with Crippen LogP contribution in [0.2, 0.25) is 0 Å². The second-order valence-corrected chi connectivity index (χ2v) is 5.81. The highest BCUT2D eigenvalue weighted by atomic mass is 32.2. The summed E-state index contributed by atoms with van der Waals surface area (Å²) >= 11 is 6.00. The molecule has 0 saturated heterocycles. The van der Waals surface area contributed by atoms with Crippen LogP contribution in [0.3, 0.4) is 0 Å². The molecule has 0 bridgehead atoms. The van der Waals surface area contributed by atoms with E-state index in [0.717, 1.165) is 29.6 Å². The lowest BCUT2D eigenvalue weighted by molar-refractivity contribution is 0.472. The fraction of sp³-hybridized carbons (Fsp3) is 0.818. The normalized spacial score (nSPS) is 13.2. The van der Waals surface area contributed by atoms with Gasteiger partial charge in [0.15, 0.2) is 5.16 Å². The molecule has 4 nitrogen and oxygen atoms in total. The van der Waals surface area contributed by atoms with E-state index in [1.54, 1.807) is 16.3 Å². The monoisotopic (exact) mass is 275 g/mol. The van der Waals surface area contributed by atoms with Crippen molar-refractivity contribution in [1.82, 2.24) is 14.8 Å². The third-order valence-electron chi connectivity index (χ3n) is 2.77. The van der Waals surface area contributed by atoms with Crippen LogP contribution in [0.25, 0.3) is 0 Å². The number of rotatable bonds is 7. The molecule has 1 atom stereocenters. The molecular formula is C11H21N3OS2. The standard InChI is InChI=1S/C11H21N3OS2/c1-4-5-14-10(15)12-13-11(14)17-7-9(6-16)8(2)3/h8-9,16H,4-7H2,1-3H3,(H,12,15). The maximum Gasteiger partial charge on any atom is 0.343 e. The molecule has 0 aliphatic carbocycles. The van der Waals surface area contributed by atoms with Crippen molar-refractivity contribution in [2.24, 2.45) is 11.8 Å². The van der Waals surface area contributed by atoms with Gasteiger partial charge in [0, 0.05) is 12.3 Å². The zero-order valence-corrected chi connectivity index (χ0v) is 12.4. The number of thiol groups is 1. The van der Waals surface area contributed by atoms with Crippen LogP contribution in [-0.4, -0.2) is 26.3 Å². The molecule has 6 heteroatoms.